The Morgan fingerprint density at radius 3 is 2.78 bits per heavy atom. The third-order valence-electron chi connectivity index (χ3n) is 5.09. The number of rotatable bonds is 4. The van der Waals surface area contributed by atoms with Gasteiger partial charge in [-0.25, -0.2) is 17.7 Å². The minimum atomic E-state index is -3.10. The maximum Gasteiger partial charge on any atom is 0.232 e. The van der Waals surface area contributed by atoms with Crippen LogP contribution >= 0.6 is 0 Å². The molecule has 2 fully saturated rings. The molecule has 8 heteroatoms. The number of piperidine rings is 1. The summed E-state index contributed by atoms with van der Waals surface area (Å²) in [5.74, 6) is 0.766. The van der Waals surface area contributed by atoms with E-state index in [1.165, 1.54) is 6.26 Å². The molecule has 3 heterocycles. The minimum absolute atomic E-state index is 0.0989. The molecule has 2 aliphatic heterocycles. The zero-order valence-electron chi connectivity index (χ0n) is 13.3. The van der Waals surface area contributed by atoms with Gasteiger partial charge in [0.2, 0.25) is 15.9 Å². The second-order valence-electron chi connectivity index (χ2n) is 6.40. The molecule has 7 nitrogen and oxygen atoms in total. The van der Waals surface area contributed by atoms with Crippen LogP contribution in [-0.2, 0) is 14.8 Å². The van der Waals surface area contributed by atoms with Gasteiger partial charge in [0.1, 0.15) is 0 Å². The van der Waals surface area contributed by atoms with E-state index in [1.54, 1.807) is 22.9 Å². The maximum absolute atomic E-state index is 11.7. The van der Waals surface area contributed by atoms with Crippen molar-refractivity contribution in [2.75, 3.05) is 39.2 Å². The van der Waals surface area contributed by atoms with Crippen LogP contribution in [0, 0.1) is 11.3 Å². The quantitative estimate of drug-likeness (QED) is 0.810. The van der Waals surface area contributed by atoms with Gasteiger partial charge in [-0.2, -0.15) is 0 Å². The van der Waals surface area contributed by atoms with Gasteiger partial charge in [-0.05, 0) is 24.7 Å². The molecule has 0 aromatic carbocycles. The smallest absolute Gasteiger partial charge is 0.232 e. The van der Waals surface area contributed by atoms with Gasteiger partial charge in [0, 0.05) is 38.0 Å². The Hall–Kier alpha value is -1.25. The molecule has 0 radical (unpaired) electrons. The van der Waals surface area contributed by atoms with Crippen molar-refractivity contribution in [2.24, 2.45) is 11.3 Å². The van der Waals surface area contributed by atoms with E-state index in [0.29, 0.717) is 32.2 Å². The lowest BCUT2D eigenvalue weighted by Gasteiger charge is -2.48. The highest BCUT2D eigenvalue weighted by molar-refractivity contribution is 7.88. The van der Waals surface area contributed by atoms with E-state index in [2.05, 4.69) is 9.97 Å². The van der Waals surface area contributed by atoms with Crippen molar-refractivity contribution in [1.29, 1.82) is 0 Å². The van der Waals surface area contributed by atoms with Crippen LogP contribution < -0.4 is 4.74 Å². The van der Waals surface area contributed by atoms with Gasteiger partial charge in [0.25, 0.3) is 0 Å². The highest BCUT2D eigenvalue weighted by atomic mass is 32.2. The Balaban J connectivity index is 1.65. The number of hydrogen-bond donors (Lipinski definition) is 0. The van der Waals surface area contributed by atoms with Crippen molar-refractivity contribution in [3.05, 3.63) is 18.6 Å². The SMILES string of the molecule is CS(=O)(=O)N1CCC2(CCOC[C@H]2COc2cnccn2)CC1. The molecule has 0 N–H and O–H groups in total. The number of nitrogens with zero attached hydrogens (tertiary/aromatic N) is 3. The molecule has 2 aliphatic rings. The fourth-order valence-corrected chi connectivity index (χ4v) is 4.42. The highest BCUT2D eigenvalue weighted by Gasteiger charge is 2.45. The van der Waals surface area contributed by atoms with Crippen LogP contribution in [0.4, 0.5) is 0 Å². The minimum Gasteiger partial charge on any atom is -0.476 e. The first-order valence-corrected chi connectivity index (χ1v) is 9.76. The summed E-state index contributed by atoms with van der Waals surface area (Å²) in [4.78, 5) is 8.13. The second-order valence-corrected chi connectivity index (χ2v) is 8.38. The van der Waals surface area contributed by atoms with Crippen LogP contribution in [0.1, 0.15) is 19.3 Å². The fraction of sp³-hybridized carbons (Fsp3) is 0.733. The summed E-state index contributed by atoms with van der Waals surface area (Å²) in [6.07, 6.45) is 8.77. The topological polar surface area (TPSA) is 81.6 Å². The van der Waals surface area contributed by atoms with Crippen LogP contribution in [0.3, 0.4) is 0 Å². The zero-order valence-corrected chi connectivity index (χ0v) is 14.2. The zero-order chi connectivity index (χ0) is 16.3. The average Bonchev–Trinajstić information content (AvgIpc) is 2.55. The first kappa shape index (κ1) is 16.6. The molecule has 128 valence electrons. The molecule has 1 atom stereocenters. The number of hydrogen-bond acceptors (Lipinski definition) is 6. The van der Waals surface area contributed by atoms with E-state index in [0.717, 1.165) is 25.9 Å². The third-order valence-corrected chi connectivity index (χ3v) is 6.39. The molecule has 0 amide bonds. The Kier molecular flexibility index (Phi) is 4.84. The predicted octanol–water partition coefficient (Wildman–Crippen LogP) is 0.934. The van der Waals surface area contributed by atoms with Crippen LogP contribution in [-0.4, -0.2) is 61.9 Å². The Labute approximate surface area is 137 Å². The molecule has 0 aliphatic carbocycles. The van der Waals surface area contributed by atoms with E-state index >= 15 is 0 Å². The number of sulfonamides is 1. The molecule has 0 saturated carbocycles. The van der Waals surface area contributed by atoms with Gasteiger partial charge in [-0.15, -0.1) is 0 Å². The van der Waals surface area contributed by atoms with E-state index in [4.69, 9.17) is 9.47 Å². The normalized spacial score (nSPS) is 25.3. The Morgan fingerprint density at radius 1 is 1.35 bits per heavy atom. The second kappa shape index (κ2) is 6.70. The van der Waals surface area contributed by atoms with Crippen molar-refractivity contribution >= 4 is 10.0 Å². The lowest BCUT2D eigenvalue weighted by Crippen LogP contribution is -2.50. The summed E-state index contributed by atoms with van der Waals surface area (Å²) in [6, 6.07) is 0. The molecular formula is C15H23N3O4S. The summed E-state index contributed by atoms with van der Waals surface area (Å²) in [7, 11) is -3.10. The first-order valence-electron chi connectivity index (χ1n) is 7.91. The molecule has 1 aromatic heterocycles. The average molecular weight is 341 g/mol. The largest absolute Gasteiger partial charge is 0.476 e. The lowest BCUT2D eigenvalue weighted by atomic mass is 9.66. The van der Waals surface area contributed by atoms with Gasteiger partial charge in [-0.3, -0.25) is 4.98 Å². The van der Waals surface area contributed by atoms with Crippen molar-refractivity contribution < 1.29 is 17.9 Å². The Bertz CT molecular complexity index is 615. The molecule has 0 bridgehead atoms. The molecular weight excluding hydrogens is 318 g/mol. The summed E-state index contributed by atoms with van der Waals surface area (Å²) in [6.45, 7) is 3.08. The number of ether oxygens (including phenoxy) is 2. The summed E-state index contributed by atoms with van der Waals surface area (Å²) >= 11 is 0. The van der Waals surface area contributed by atoms with E-state index in [1.807, 2.05) is 0 Å². The predicted molar refractivity (Wildman–Crippen MR) is 84.5 cm³/mol. The summed E-state index contributed by atoms with van der Waals surface area (Å²) < 4.78 is 36.4. The van der Waals surface area contributed by atoms with Crippen molar-refractivity contribution in [1.82, 2.24) is 14.3 Å². The van der Waals surface area contributed by atoms with Gasteiger partial charge < -0.3 is 9.47 Å². The van der Waals surface area contributed by atoms with Gasteiger partial charge in [-0.1, -0.05) is 0 Å². The molecule has 1 aromatic rings. The van der Waals surface area contributed by atoms with Crippen LogP contribution in [0.5, 0.6) is 5.88 Å². The monoisotopic (exact) mass is 341 g/mol. The van der Waals surface area contributed by atoms with Crippen LogP contribution in [0.2, 0.25) is 0 Å². The third kappa shape index (κ3) is 3.81. The maximum atomic E-state index is 11.7. The first-order chi connectivity index (χ1) is 11.0. The molecule has 2 saturated heterocycles. The van der Waals surface area contributed by atoms with Crippen molar-refractivity contribution in [3.8, 4) is 5.88 Å². The van der Waals surface area contributed by atoms with Gasteiger partial charge in [0.15, 0.2) is 0 Å². The molecule has 23 heavy (non-hydrogen) atoms. The Morgan fingerprint density at radius 2 is 2.13 bits per heavy atom. The summed E-state index contributed by atoms with van der Waals surface area (Å²) in [5.41, 5.74) is 0.0989. The van der Waals surface area contributed by atoms with Crippen molar-refractivity contribution in [3.63, 3.8) is 0 Å². The van der Waals surface area contributed by atoms with Crippen LogP contribution in [0.25, 0.3) is 0 Å². The van der Waals surface area contributed by atoms with E-state index < -0.39 is 10.0 Å². The van der Waals surface area contributed by atoms with E-state index in [9.17, 15) is 8.42 Å². The van der Waals surface area contributed by atoms with Crippen molar-refractivity contribution in [2.45, 2.75) is 19.3 Å². The fourth-order valence-electron chi connectivity index (χ4n) is 3.57. The molecule has 1 spiro atoms. The lowest BCUT2D eigenvalue weighted by molar-refractivity contribution is -0.0791. The standard InChI is InChI=1S/C15H23N3O4S/c1-23(19,20)18-7-2-15(3-8-18)4-9-21-11-13(15)12-22-14-10-16-5-6-17-14/h5-6,10,13H,2-4,7-9,11-12H2,1H3/t13-/m0/s1. The van der Waals surface area contributed by atoms with Crippen LogP contribution in [0.15, 0.2) is 18.6 Å². The molecule has 3 rings (SSSR count). The van der Waals surface area contributed by atoms with E-state index in [-0.39, 0.29) is 11.3 Å². The highest BCUT2D eigenvalue weighted by Crippen LogP contribution is 2.45. The van der Waals surface area contributed by atoms with Gasteiger partial charge in [0.05, 0.1) is 25.7 Å². The molecule has 0 unspecified atom stereocenters. The number of aromatic nitrogens is 2. The summed E-state index contributed by atoms with van der Waals surface area (Å²) in [5, 5.41) is 0. The van der Waals surface area contributed by atoms with Gasteiger partial charge >= 0.3 is 0 Å².